The number of anilines is 1. The molecule has 4 heterocycles. The molecule has 3 aromatic heterocycles. The number of nitrogens with zero attached hydrogens (tertiary/aromatic N) is 4. The van der Waals surface area contributed by atoms with Crippen molar-refractivity contribution in [2.75, 3.05) is 31.1 Å². The number of benzene rings is 2. The third kappa shape index (κ3) is 5.20. The highest BCUT2D eigenvalue weighted by molar-refractivity contribution is 7.25. The minimum absolute atomic E-state index is 0.478. The van der Waals surface area contributed by atoms with Gasteiger partial charge in [0.1, 0.15) is 15.8 Å². The first-order valence-corrected chi connectivity index (χ1v) is 15.6. The largest absolute Gasteiger partial charge is 0.390 e. The molecule has 4 N–H and O–H groups in total. The van der Waals surface area contributed by atoms with Crippen LogP contribution in [0, 0.1) is 0 Å². The minimum Gasteiger partial charge on any atom is -0.390 e. The summed E-state index contributed by atoms with van der Waals surface area (Å²) < 4.78 is 0. The summed E-state index contributed by atoms with van der Waals surface area (Å²) >= 11 is 3.33. The second kappa shape index (κ2) is 10.4. The summed E-state index contributed by atoms with van der Waals surface area (Å²) in [5.41, 5.74) is 10.6. The summed E-state index contributed by atoms with van der Waals surface area (Å²) in [4.78, 5) is 19.1. The molecule has 0 bridgehead atoms. The molecule has 1 saturated heterocycles. The summed E-state index contributed by atoms with van der Waals surface area (Å²) in [5.74, 6) is 1.01. The minimum atomic E-state index is -0.686. The fourth-order valence-electron chi connectivity index (χ4n) is 5.98. The second-order valence-corrected chi connectivity index (χ2v) is 13.3. The van der Waals surface area contributed by atoms with E-state index in [0.717, 1.165) is 79.7 Å². The van der Waals surface area contributed by atoms with Crippen molar-refractivity contribution in [3.05, 3.63) is 84.7 Å². The smallest absolute Gasteiger partial charge is 0.136 e. The van der Waals surface area contributed by atoms with Crippen LogP contribution in [0.4, 0.5) is 5.82 Å². The van der Waals surface area contributed by atoms with Crippen molar-refractivity contribution >= 4 is 28.5 Å². The van der Waals surface area contributed by atoms with E-state index in [1.165, 1.54) is 0 Å². The van der Waals surface area contributed by atoms with Gasteiger partial charge in [-0.25, -0.2) is 15.0 Å². The summed E-state index contributed by atoms with van der Waals surface area (Å²) in [6.07, 6.45) is 4.98. The zero-order valence-corrected chi connectivity index (χ0v) is 24.5. The number of nitrogens with two attached hydrogens (primary N) is 1. The van der Waals surface area contributed by atoms with E-state index < -0.39 is 11.1 Å². The van der Waals surface area contributed by atoms with Crippen LogP contribution in [0.1, 0.15) is 25.3 Å². The Labute approximate surface area is 247 Å². The summed E-state index contributed by atoms with van der Waals surface area (Å²) in [5, 5.41) is 15.5. The molecule has 1 saturated carbocycles. The van der Waals surface area contributed by atoms with Crippen LogP contribution in [0.3, 0.4) is 0 Å². The van der Waals surface area contributed by atoms with Crippen LogP contribution in [0.2, 0.25) is 0 Å². The highest BCUT2D eigenvalue weighted by atomic mass is 32.1. The Hall–Kier alpha value is -3.47. The maximum Gasteiger partial charge on any atom is 0.136 e. The Kier molecular flexibility index (Phi) is 6.72. The van der Waals surface area contributed by atoms with Gasteiger partial charge in [-0.3, -0.25) is 0 Å². The number of nitrogens with one attached hydrogen (secondary N) is 1. The van der Waals surface area contributed by atoms with Crippen molar-refractivity contribution in [2.24, 2.45) is 5.73 Å². The van der Waals surface area contributed by atoms with Crippen molar-refractivity contribution in [1.82, 2.24) is 20.3 Å². The predicted octanol–water partition coefficient (Wildman–Crippen LogP) is 5.77. The maximum atomic E-state index is 10.3. The quantitative estimate of drug-likeness (QED) is 0.234. The molecule has 0 radical (unpaired) electrons. The molecule has 2 fully saturated rings. The Morgan fingerprint density at radius 3 is 2.24 bits per heavy atom. The maximum absolute atomic E-state index is 10.3. The van der Waals surface area contributed by atoms with E-state index in [1.54, 1.807) is 22.7 Å². The number of aromatic nitrogens is 3. The van der Waals surface area contributed by atoms with Gasteiger partial charge in [0.15, 0.2) is 0 Å². The topological polar surface area (TPSA) is 100 Å². The zero-order valence-electron chi connectivity index (χ0n) is 22.9. The number of aliphatic hydroxyl groups is 1. The molecular weight excluding hydrogens is 549 g/mol. The lowest BCUT2D eigenvalue weighted by molar-refractivity contribution is -0.0738. The molecule has 2 aromatic carbocycles. The third-order valence-corrected chi connectivity index (χ3v) is 10.3. The SMILES string of the molecule is C[C@]1(O)C[C@](N)(c2ccc(-c3nc(-c4cnc(-c5ccc(N6CCNCC6)nc5)s4)sc3-c3ccccc3)cc2)C1. The second-order valence-electron chi connectivity index (χ2n) is 11.3. The number of rotatable bonds is 6. The number of piperazine rings is 1. The monoisotopic (exact) mass is 580 g/mol. The van der Waals surface area contributed by atoms with Gasteiger partial charge < -0.3 is 21.1 Å². The lowest BCUT2D eigenvalue weighted by atomic mass is 9.63. The number of hydrogen-bond donors (Lipinski definition) is 3. The molecular formula is C32H32N6OS2. The van der Waals surface area contributed by atoms with Crippen molar-refractivity contribution in [3.63, 3.8) is 0 Å². The fourth-order valence-corrected chi connectivity index (χ4v) is 8.02. The van der Waals surface area contributed by atoms with Crippen LogP contribution in [-0.2, 0) is 5.54 Å². The highest BCUT2D eigenvalue weighted by Gasteiger charge is 2.49. The Bertz CT molecular complexity index is 1650. The van der Waals surface area contributed by atoms with Crippen molar-refractivity contribution in [2.45, 2.75) is 30.9 Å². The molecule has 0 spiro atoms. The van der Waals surface area contributed by atoms with Gasteiger partial charge in [-0.15, -0.1) is 22.7 Å². The highest BCUT2D eigenvalue weighted by Crippen LogP contribution is 2.47. The third-order valence-electron chi connectivity index (χ3n) is 7.94. The Morgan fingerprint density at radius 2 is 1.56 bits per heavy atom. The van der Waals surface area contributed by atoms with Crippen LogP contribution in [0.25, 0.3) is 42.2 Å². The van der Waals surface area contributed by atoms with Gasteiger partial charge in [-0.1, -0.05) is 54.6 Å². The first kappa shape index (κ1) is 26.4. The number of hydrogen-bond acceptors (Lipinski definition) is 9. The average molecular weight is 581 g/mol. The van der Waals surface area contributed by atoms with Gasteiger partial charge in [0.25, 0.3) is 0 Å². The molecule has 0 unspecified atom stereocenters. The number of pyridine rings is 1. The molecule has 7 rings (SSSR count). The Morgan fingerprint density at radius 1 is 0.829 bits per heavy atom. The van der Waals surface area contributed by atoms with Crippen molar-refractivity contribution in [3.8, 4) is 42.2 Å². The zero-order chi connectivity index (χ0) is 28.0. The van der Waals surface area contributed by atoms with E-state index in [0.29, 0.717) is 12.8 Å². The first-order chi connectivity index (χ1) is 19.9. The van der Waals surface area contributed by atoms with Crippen LogP contribution >= 0.6 is 22.7 Å². The van der Waals surface area contributed by atoms with Gasteiger partial charge in [0.2, 0.25) is 0 Å². The van der Waals surface area contributed by atoms with Crippen LogP contribution in [-0.4, -0.2) is 51.8 Å². The van der Waals surface area contributed by atoms with Crippen LogP contribution < -0.4 is 16.0 Å². The standard InChI is InChI=1S/C32H32N6OS2/c1-31(39)19-32(33,20-31)24-10-7-21(8-11-24)27-28(22-5-3-2-4-6-22)41-30(37-27)25-18-36-29(40-25)23-9-12-26(35-17-23)38-15-13-34-14-16-38/h2-12,17-18,34,39H,13-16,19-20,33H2,1H3/t31-,32+. The number of thiazole rings is 2. The molecule has 41 heavy (non-hydrogen) atoms. The molecule has 2 aliphatic rings. The van der Waals surface area contributed by atoms with E-state index in [9.17, 15) is 5.11 Å². The summed E-state index contributed by atoms with van der Waals surface area (Å²) in [7, 11) is 0. The lowest BCUT2D eigenvalue weighted by Gasteiger charge is -2.49. The van der Waals surface area contributed by atoms with Gasteiger partial charge in [0, 0.05) is 55.2 Å². The molecule has 9 heteroatoms. The average Bonchev–Trinajstić information content (AvgIpc) is 3.66. The van der Waals surface area contributed by atoms with Gasteiger partial charge in [-0.05, 0) is 43.0 Å². The van der Waals surface area contributed by atoms with E-state index in [2.05, 4.69) is 70.9 Å². The van der Waals surface area contributed by atoms with E-state index in [4.69, 9.17) is 20.7 Å². The molecule has 5 aromatic rings. The fraction of sp³-hybridized carbons (Fsp3) is 0.281. The molecule has 7 nitrogen and oxygen atoms in total. The first-order valence-electron chi connectivity index (χ1n) is 13.9. The summed E-state index contributed by atoms with van der Waals surface area (Å²) in [6, 6.07) is 23.0. The Balaban J connectivity index is 1.19. The van der Waals surface area contributed by atoms with E-state index >= 15 is 0 Å². The predicted molar refractivity (Wildman–Crippen MR) is 168 cm³/mol. The molecule has 0 amide bonds. The van der Waals surface area contributed by atoms with Crippen molar-refractivity contribution in [1.29, 1.82) is 0 Å². The van der Waals surface area contributed by atoms with E-state index in [1.807, 2.05) is 25.4 Å². The molecule has 1 aliphatic heterocycles. The lowest BCUT2D eigenvalue weighted by Crippen LogP contribution is -2.58. The molecule has 0 atom stereocenters. The normalized spacial score (nSPS) is 22.5. The molecule has 208 valence electrons. The molecule has 1 aliphatic carbocycles. The van der Waals surface area contributed by atoms with Crippen LogP contribution in [0.5, 0.6) is 0 Å². The van der Waals surface area contributed by atoms with Crippen molar-refractivity contribution < 1.29 is 5.11 Å². The van der Waals surface area contributed by atoms with Gasteiger partial charge >= 0.3 is 0 Å². The van der Waals surface area contributed by atoms with Crippen LogP contribution in [0.15, 0.2) is 79.1 Å². The van der Waals surface area contributed by atoms with E-state index in [-0.39, 0.29) is 0 Å². The van der Waals surface area contributed by atoms with Gasteiger partial charge in [-0.2, -0.15) is 0 Å². The summed E-state index contributed by atoms with van der Waals surface area (Å²) in [6.45, 7) is 5.77. The van der Waals surface area contributed by atoms with Gasteiger partial charge in [0.05, 0.1) is 21.0 Å².